The van der Waals surface area contributed by atoms with Crippen molar-refractivity contribution in [2.75, 3.05) is 18.5 Å². The standard InChI is InChI=1S/C17H24N4/c1-4-10-18-11-15-12-19-13-17(20-15)21(3)16-8-6-14(5-2)7-9-16/h6-9,12-13,18H,4-5,10-11H2,1-3H3. The molecule has 0 aliphatic carbocycles. The highest BCUT2D eigenvalue weighted by Crippen LogP contribution is 2.21. The molecule has 0 amide bonds. The van der Waals surface area contributed by atoms with Crippen LogP contribution < -0.4 is 10.2 Å². The number of nitrogens with one attached hydrogen (secondary N) is 1. The number of aryl methyl sites for hydroxylation is 1. The van der Waals surface area contributed by atoms with Crippen LogP contribution in [0.1, 0.15) is 31.5 Å². The summed E-state index contributed by atoms with van der Waals surface area (Å²) in [5.41, 5.74) is 3.44. The Labute approximate surface area is 127 Å². The van der Waals surface area contributed by atoms with Gasteiger partial charge in [-0.1, -0.05) is 26.0 Å². The smallest absolute Gasteiger partial charge is 0.151 e. The first-order valence-electron chi connectivity index (χ1n) is 7.59. The largest absolute Gasteiger partial charge is 0.328 e. The Hall–Kier alpha value is -1.94. The van der Waals surface area contributed by atoms with Crippen molar-refractivity contribution in [1.82, 2.24) is 15.3 Å². The Morgan fingerprint density at radius 2 is 1.86 bits per heavy atom. The second kappa shape index (κ2) is 7.74. The molecular weight excluding hydrogens is 260 g/mol. The monoisotopic (exact) mass is 284 g/mol. The van der Waals surface area contributed by atoms with Gasteiger partial charge in [0.25, 0.3) is 0 Å². The van der Waals surface area contributed by atoms with E-state index in [1.165, 1.54) is 5.56 Å². The van der Waals surface area contributed by atoms with Crippen LogP contribution in [0.3, 0.4) is 0 Å². The molecule has 0 saturated heterocycles. The van der Waals surface area contributed by atoms with Crippen LogP contribution in [0.25, 0.3) is 0 Å². The molecule has 4 nitrogen and oxygen atoms in total. The lowest BCUT2D eigenvalue weighted by molar-refractivity contribution is 0.662. The van der Waals surface area contributed by atoms with Gasteiger partial charge in [-0.15, -0.1) is 0 Å². The summed E-state index contributed by atoms with van der Waals surface area (Å²) in [5, 5.41) is 3.35. The van der Waals surface area contributed by atoms with Crippen molar-refractivity contribution in [2.45, 2.75) is 33.2 Å². The van der Waals surface area contributed by atoms with Gasteiger partial charge in [0.1, 0.15) is 0 Å². The number of benzene rings is 1. The van der Waals surface area contributed by atoms with Gasteiger partial charge in [0.05, 0.1) is 11.9 Å². The fraction of sp³-hybridized carbons (Fsp3) is 0.412. The lowest BCUT2D eigenvalue weighted by atomic mass is 10.1. The molecule has 1 N–H and O–H groups in total. The topological polar surface area (TPSA) is 41.1 Å². The minimum atomic E-state index is 0.761. The van der Waals surface area contributed by atoms with E-state index in [0.29, 0.717) is 0 Å². The highest BCUT2D eigenvalue weighted by molar-refractivity contribution is 5.58. The predicted molar refractivity (Wildman–Crippen MR) is 87.9 cm³/mol. The molecule has 0 bridgehead atoms. The lowest BCUT2D eigenvalue weighted by Crippen LogP contribution is -2.17. The van der Waals surface area contributed by atoms with Crippen molar-refractivity contribution in [3.8, 4) is 0 Å². The molecule has 0 spiro atoms. The summed E-state index contributed by atoms with van der Waals surface area (Å²) in [5.74, 6) is 0.870. The lowest BCUT2D eigenvalue weighted by Gasteiger charge is -2.19. The van der Waals surface area contributed by atoms with Crippen LogP contribution in [0, 0.1) is 0 Å². The van der Waals surface area contributed by atoms with E-state index in [0.717, 1.165) is 43.1 Å². The van der Waals surface area contributed by atoms with Gasteiger partial charge in [-0.25, -0.2) is 4.98 Å². The maximum atomic E-state index is 4.66. The molecule has 2 rings (SSSR count). The van der Waals surface area contributed by atoms with E-state index in [-0.39, 0.29) is 0 Å². The molecule has 1 aromatic carbocycles. The van der Waals surface area contributed by atoms with Crippen LogP contribution in [0.4, 0.5) is 11.5 Å². The summed E-state index contributed by atoms with van der Waals surface area (Å²) in [6.45, 7) is 6.08. The Morgan fingerprint density at radius 1 is 1.10 bits per heavy atom. The number of hydrogen-bond donors (Lipinski definition) is 1. The van der Waals surface area contributed by atoms with E-state index in [4.69, 9.17) is 0 Å². The second-order valence-corrected chi connectivity index (χ2v) is 5.12. The van der Waals surface area contributed by atoms with Gasteiger partial charge in [0.2, 0.25) is 0 Å². The van der Waals surface area contributed by atoms with E-state index < -0.39 is 0 Å². The van der Waals surface area contributed by atoms with Crippen LogP contribution in [0.5, 0.6) is 0 Å². The molecule has 0 unspecified atom stereocenters. The van der Waals surface area contributed by atoms with E-state index >= 15 is 0 Å². The van der Waals surface area contributed by atoms with Crippen molar-refractivity contribution < 1.29 is 0 Å². The van der Waals surface area contributed by atoms with E-state index in [9.17, 15) is 0 Å². The predicted octanol–water partition coefficient (Wildman–Crippen LogP) is 3.31. The fourth-order valence-corrected chi connectivity index (χ4v) is 2.12. The maximum Gasteiger partial charge on any atom is 0.151 e. The minimum absolute atomic E-state index is 0.761. The first kappa shape index (κ1) is 15.4. The number of anilines is 2. The molecule has 0 saturated carbocycles. The number of rotatable bonds is 7. The summed E-state index contributed by atoms with van der Waals surface area (Å²) < 4.78 is 0. The van der Waals surface area contributed by atoms with Crippen molar-refractivity contribution in [2.24, 2.45) is 0 Å². The number of nitrogens with zero attached hydrogens (tertiary/aromatic N) is 3. The van der Waals surface area contributed by atoms with Gasteiger partial charge < -0.3 is 10.2 Å². The fourth-order valence-electron chi connectivity index (χ4n) is 2.12. The van der Waals surface area contributed by atoms with E-state index in [1.807, 2.05) is 13.2 Å². The molecule has 21 heavy (non-hydrogen) atoms. The highest BCUT2D eigenvalue weighted by Gasteiger charge is 2.07. The number of hydrogen-bond acceptors (Lipinski definition) is 4. The van der Waals surface area contributed by atoms with Crippen LogP contribution in [-0.4, -0.2) is 23.6 Å². The van der Waals surface area contributed by atoms with Gasteiger partial charge in [0, 0.05) is 25.5 Å². The van der Waals surface area contributed by atoms with E-state index in [2.05, 4.69) is 58.3 Å². The third-order valence-electron chi connectivity index (χ3n) is 3.48. The molecule has 0 aliphatic heterocycles. The van der Waals surface area contributed by atoms with Crippen LogP contribution in [-0.2, 0) is 13.0 Å². The SMILES string of the molecule is CCCNCc1cncc(N(C)c2ccc(CC)cc2)n1. The summed E-state index contributed by atoms with van der Waals surface area (Å²) in [6.07, 6.45) is 5.80. The van der Waals surface area contributed by atoms with Crippen LogP contribution >= 0.6 is 0 Å². The zero-order valence-corrected chi connectivity index (χ0v) is 13.1. The normalized spacial score (nSPS) is 10.6. The third-order valence-corrected chi connectivity index (χ3v) is 3.48. The summed E-state index contributed by atoms with van der Waals surface area (Å²) in [4.78, 5) is 11.0. The zero-order valence-electron chi connectivity index (χ0n) is 13.1. The third kappa shape index (κ3) is 4.26. The van der Waals surface area contributed by atoms with Gasteiger partial charge in [-0.2, -0.15) is 0 Å². The second-order valence-electron chi connectivity index (χ2n) is 5.12. The first-order chi connectivity index (χ1) is 10.2. The molecule has 4 heteroatoms. The highest BCUT2D eigenvalue weighted by atomic mass is 15.2. The molecular formula is C17H24N4. The van der Waals surface area contributed by atoms with E-state index in [1.54, 1.807) is 6.20 Å². The molecule has 0 aliphatic rings. The molecule has 0 fully saturated rings. The van der Waals surface area contributed by atoms with Crippen molar-refractivity contribution in [1.29, 1.82) is 0 Å². The maximum absolute atomic E-state index is 4.66. The van der Waals surface area contributed by atoms with Gasteiger partial charge in [-0.3, -0.25) is 4.98 Å². The first-order valence-corrected chi connectivity index (χ1v) is 7.59. The Kier molecular flexibility index (Phi) is 5.69. The van der Waals surface area contributed by atoms with Crippen LogP contribution in [0.15, 0.2) is 36.7 Å². The molecule has 2 aromatic rings. The average molecular weight is 284 g/mol. The van der Waals surface area contributed by atoms with Gasteiger partial charge in [-0.05, 0) is 37.1 Å². The summed E-state index contributed by atoms with van der Waals surface area (Å²) in [6, 6.07) is 8.57. The Bertz CT molecular complexity index is 551. The van der Waals surface area contributed by atoms with Crippen molar-refractivity contribution >= 4 is 11.5 Å². The van der Waals surface area contributed by atoms with Gasteiger partial charge in [0.15, 0.2) is 5.82 Å². The quantitative estimate of drug-likeness (QED) is 0.792. The molecule has 1 aromatic heterocycles. The molecule has 0 radical (unpaired) electrons. The summed E-state index contributed by atoms with van der Waals surface area (Å²) in [7, 11) is 2.02. The average Bonchev–Trinajstić information content (AvgIpc) is 2.55. The minimum Gasteiger partial charge on any atom is -0.328 e. The Morgan fingerprint density at radius 3 is 2.52 bits per heavy atom. The Balaban J connectivity index is 2.10. The van der Waals surface area contributed by atoms with Crippen molar-refractivity contribution in [3.05, 3.63) is 47.9 Å². The number of aromatic nitrogens is 2. The molecule has 1 heterocycles. The summed E-state index contributed by atoms with van der Waals surface area (Å²) >= 11 is 0. The zero-order chi connectivity index (χ0) is 15.1. The van der Waals surface area contributed by atoms with Gasteiger partial charge >= 0.3 is 0 Å². The van der Waals surface area contributed by atoms with Crippen molar-refractivity contribution in [3.63, 3.8) is 0 Å². The molecule has 0 atom stereocenters. The van der Waals surface area contributed by atoms with Crippen LogP contribution in [0.2, 0.25) is 0 Å². The molecule has 112 valence electrons.